The van der Waals surface area contributed by atoms with E-state index in [-0.39, 0.29) is 24.0 Å². The fourth-order valence-corrected chi connectivity index (χ4v) is 3.42. The molecule has 0 radical (unpaired) electrons. The van der Waals surface area contributed by atoms with E-state index in [1.54, 1.807) is 18.4 Å². The van der Waals surface area contributed by atoms with E-state index < -0.39 is 0 Å². The molecule has 0 fully saturated rings. The molecule has 0 aliphatic carbocycles. The first-order valence-corrected chi connectivity index (χ1v) is 8.95. The summed E-state index contributed by atoms with van der Waals surface area (Å²) >= 11 is 1.67. The Labute approximate surface area is 169 Å². The maximum atomic E-state index is 4.28. The first kappa shape index (κ1) is 19.7. The van der Waals surface area contributed by atoms with Crippen molar-refractivity contribution in [3.8, 4) is 0 Å². The molecule has 3 N–H and O–H groups in total. The summed E-state index contributed by atoms with van der Waals surface area (Å²) in [5.41, 5.74) is 6.76. The molecule has 0 aliphatic rings. The van der Waals surface area contributed by atoms with Gasteiger partial charge in [0.05, 0.1) is 17.7 Å². The minimum absolute atomic E-state index is 0. The molecule has 25 heavy (non-hydrogen) atoms. The highest BCUT2D eigenvalue weighted by atomic mass is 127. The van der Waals surface area contributed by atoms with Gasteiger partial charge in [-0.25, -0.2) is 4.98 Å². The molecule has 0 atom stereocenters. The quantitative estimate of drug-likeness (QED) is 0.303. The molecule has 3 rings (SSSR count). The predicted molar refractivity (Wildman–Crippen MR) is 117 cm³/mol. The summed E-state index contributed by atoms with van der Waals surface area (Å²) < 4.78 is 0. The van der Waals surface area contributed by atoms with Crippen molar-refractivity contribution < 1.29 is 0 Å². The van der Waals surface area contributed by atoms with Gasteiger partial charge >= 0.3 is 0 Å². The zero-order valence-electron chi connectivity index (χ0n) is 14.7. The lowest BCUT2D eigenvalue weighted by molar-refractivity contribution is 0.798. The van der Waals surface area contributed by atoms with Gasteiger partial charge in [0.2, 0.25) is 0 Å². The minimum atomic E-state index is 0. The van der Waals surface area contributed by atoms with Gasteiger partial charge in [0.25, 0.3) is 0 Å². The van der Waals surface area contributed by atoms with Crippen molar-refractivity contribution in [1.29, 1.82) is 0 Å². The number of thiazole rings is 1. The van der Waals surface area contributed by atoms with Gasteiger partial charge in [-0.05, 0) is 37.5 Å². The van der Waals surface area contributed by atoms with E-state index in [9.17, 15) is 0 Å². The number of hydrogen-bond donors (Lipinski definition) is 3. The Bertz CT molecular complexity index is 852. The smallest absolute Gasteiger partial charge is 0.191 e. The number of halogens is 1. The molecule has 0 amide bonds. The Morgan fingerprint density at radius 1 is 1.28 bits per heavy atom. The van der Waals surface area contributed by atoms with Crippen LogP contribution >= 0.6 is 35.3 Å². The van der Waals surface area contributed by atoms with Crippen LogP contribution in [-0.4, -0.2) is 29.5 Å². The number of guanidine groups is 1. The van der Waals surface area contributed by atoms with Gasteiger partial charge in [-0.15, -0.1) is 35.3 Å². The molecule has 5 nitrogen and oxygen atoms in total. The van der Waals surface area contributed by atoms with E-state index in [1.807, 2.05) is 12.4 Å². The number of hydrogen-bond acceptors (Lipinski definition) is 3. The standard InChI is InChI=1S/C18H23N5S.HI/c1-12-4-5-15-14(9-21-16(15)8-12)6-7-20-18(19-3)22-10-17-13(2)23-11-24-17;/h4-5,8-9,11,21H,6-7,10H2,1-3H3,(H2,19,20,22);1H. The number of nitrogens with zero attached hydrogens (tertiary/aromatic N) is 2. The Kier molecular flexibility index (Phi) is 7.24. The van der Waals surface area contributed by atoms with Crippen molar-refractivity contribution in [1.82, 2.24) is 20.6 Å². The molecule has 7 heteroatoms. The number of aromatic amines is 1. The second-order valence-electron chi connectivity index (χ2n) is 5.83. The van der Waals surface area contributed by atoms with Crippen molar-refractivity contribution in [3.05, 3.63) is 51.6 Å². The number of benzene rings is 1. The van der Waals surface area contributed by atoms with Gasteiger partial charge < -0.3 is 15.6 Å². The average Bonchev–Trinajstić information content (AvgIpc) is 3.16. The highest BCUT2D eigenvalue weighted by molar-refractivity contribution is 14.0. The molecule has 134 valence electrons. The van der Waals surface area contributed by atoms with Gasteiger partial charge in [0, 0.05) is 35.6 Å². The van der Waals surface area contributed by atoms with Crippen molar-refractivity contribution in [3.63, 3.8) is 0 Å². The van der Waals surface area contributed by atoms with Crippen molar-refractivity contribution in [2.45, 2.75) is 26.8 Å². The topological polar surface area (TPSA) is 65.1 Å². The number of nitrogens with one attached hydrogen (secondary N) is 3. The Balaban J connectivity index is 0.00000225. The monoisotopic (exact) mass is 469 g/mol. The van der Waals surface area contributed by atoms with Crippen LogP contribution in [0.1, 0.15) is 21.7 Å². The molecule has 0 bridgehead atoms. The van der Waals surface area contributed by atoms with E-state index in [0.717, 1.165) is 31.2 Å². The zero-order valence-corrected chi connectivity index (χ0v) is 17.9. The maximum absolute atomic E-state index is 4.28. The summed E-state index contributed by atoms with van der Waals surface area (Å²) in [5.74, 6) is 0.818. The SMILES string of the molecule is CN=C(NCCc1c[nH]c2cc(C)ccc12)NCc1scnc1C.I. The van der Waals surface area contributed by atoms with E-state index in [0.29, 0.717) is 0 Å². The van der Waals surface area contributed by atoms with Gasteiger partial charge in [-0.1, -0.05) is 12.1 Å². The molecule has 0 unspecified atom stereocenters. The molecule has 1 aromatic carbocycles. The molecule has 2 aromatic heterocycles. The third-order valence-corrected chi connectivity index (χ3v) is 5.03. The number of aliphatic imine (C=N–C) groups is 1. The van der Waals surface area contributed by atoms with Crippen LogP contribution in [0.5, 0.6) is 0 Å². The summed E-state index contributed by atoms with van der Waals surface area (Å²) in [6.45, 7) is 5.73. The van der Waals surface area contributed by atoms with Crippen LogP contribution in [0.3, 0.4) is 0 Å². The lowest BCUT2D eigenvalue weighted by atomic mass is 10.1. The van der Waals surface area contributed by atoms with Gasteiger partial charge in [0.15, 0.2) is 5.96 Å². The second-order valence-corrected chi connectivity index (χ2v) is 6.77. The highest BCUT2D eigenvalue weighted by Gasteiger charge is 2.05. The highest BCUT2D eigenvalue weighted by Crippen LogP contribution is 2.19. The lowest BCUT2D eigenvalue weighted by Crippen LogP contribution is -2.37. The number of rotatable bonds is 5. The van der Waals surface area contributed by atoms with Crippen LogP contribution < -0.4 is 10.6 Å². The maximum Gasteiger partial charge on any atom is 0.191 e. The lowest BCUT2D eigenvalue weighted by Gasteiger charge is -2.11. The third-order valence-electron chi connectivity index (χ3n) is 4.09. The normalized spacial score (nSPS) is 11.4. The summed E-state index contributed by atoms with van der Waals surface area (Å²) in [6.07, 6.45) is 3.05. The fourth-order valence-electron chi connectivity index (χ4n) is 2.70. The van der Waals surface area contributed by atoms with E-state index in [1.165, 1.54) is 26.9 Å². The van der Waals surface area contributed by atoms with Crippen LogP contribution in [0.2, 0.25) is 0 Å². The first-order chi connectivity index (χ1) is 11.7. The predicted octanol–water partition coefficient (Wildman–Crippen LogP) is 3.77. The molecular formula is C18H24IN5S. The van der Waals surface area contributed by atoms with Gasteiger partial charge in [-0.3, -0.25) is 4.99 Å². The van der Waals surface area contributed by atoms with E-state index in [4.69, 9.17) is 0 Å². The number of H-pyrrole nitrogens is 1. The van der Waals surface area contributed by atoms with E-state index in [2.05, 4.69) is 56.9 Å². The van der Waals surface area contributed by atoms with Crippen molar-refractivity contribution in [2.24, 2.45) is 4.99 Å². The molecule has 0 saturated carbocycles. The zero-order chi connectivity index (χ0) is 16.9. The van der Waals surface area contributed by atoms with Crippen LogP contribution in [0.15, 0.2) is 34.9 Å². The summed E-state index contributed by atoms with van der Waals surface area (Å²) in [6, 6.07) is 6.53. The average molecular weight is 469 g/mol. The Morgan fingerprint density at radius 3 is 2.84 bits per heavy atom. The number of aryl methyl sites for hydroxylation is 2. The summed E-state index contributed by atoms with van der Waals surface area (Å²) in [4.78, 5) is 13.1. The van der Waals surface area contributed by atoms with E-state index >= 15 is 0 Å². The van der Waals surface area contributed by atoms with Crippen molar-refractivity contribution in [2.75, 3.05) is 13.6 Å². The van der Waals surface area contributed by atoms with Gasteiger partial charge in [-0.2, -0.15) is 0 Å². The second kappa shape index (κ2) is 9.19. The van der Waals surface area contributed by atoms with Crippen LogP contribution in [0.25, 0.3) is 10.9 Å². The minimum Gasteiger partial charge on any atom is -0.361 e. The molecule has 2 heterocycles. The van der Waals surface area contributed by atoms with Crippen LogP contribution in [0, 0.1) is 13.8 Å². The largest absolute Gasteiger partial charge is 0.361 e. The molecular weight excluding hydrogens is 445 g/mol. The Morgan fingerprint density at radius 2 is 2.12 bits per heavy atom. The third kappa shape index (κ3) is 4.94. The summed E-state index contributed by atoms with van der Waals surface area (Å²) in [5, 5.41) is 8.01. The fraction of sp³-hybridized carbons (Fsp3) is 0.333. The van der Waals surface area contributed by atoms with Crippen LogP contribution in [0.4, 0.5) is 0 Å². The summed E-state index contributed by atoms with van der Waals surface area (Å²) in [7, 11) is 1.79. The molecule has 0 aliphatic heterocycles. The van der Waals surface area contributed by atoms with Crippen LogP contribution in [-0.2, 0) is 13.0 Å². The molecule has 3 aromatic rings. The molecule has 0 saturated heterocycles. The first-order valence-electron chi connectivity index (χ1n) is 8.07. The van der Waals surface area contributed by atoms with Gasteiger partial charge in [0.1, 0.15) is 0 Å². The number of aromatic nitrogens is 2. The Hall–Kier alpha value is -1.61. The number of fused-ring (bicyclic) bond motifs is 1. The molecule has 0 spiro atoms. The van der Waals surface area contributed by atoms with Crippen molar-refractivity contribution >= 4 is 52.2 Å².